The minimum absolute atomic E-state index is 0.00748. The van der Waals surface area contributed by atoms with Crippen LogP contribution in [0.2, 0.25) is 0 Å². The van der Waals surface area contributed by atoms with Crippen molar-refractivity contribution in [2.45, 2.75) is 17.9 Å². The van der Waals surface area contributed by atoms with Gasteiger partial charge in [-0.05, 0) is 24.7 Å². The topological polar surface area (TPSA) is 47.0 Å². The number of rotatable bonds is 7. The van der Waals surface area contributed by atoms with E-state index in [9.17, 15) is 4.39 Å². The maximum atomic E-state index is 13.2. The van der Waals surface area contributed by atoms with Gasteiger partial charge in [0, 0.05) is 23.0 Å². The van der Waals surface area contributed by atoms with Gasteiger partial charge < -0.3 is 10.1 Å². The Bertz CT molecular complexity index is 582. The van der Waals surface area contributed by atoms with E-state index >= 15 is 0 Å². The molecule has 112 valence electrons. The van der Waals surface area contributed by atoms with Crippen LogP contribution in [0.25, 0.3) is 0 Å². The fourth-order valence-corrected chi connectivity index (χ4v) is 2.96. The predicted octanol–water partition coefficient (Wildman–Crippen LogP) is 3.07. The Morgan fingerprint density at radius 3 is 2.86 bits per heavy atom. The third kappa shape index (κ3) is 4.41. The number of hydrogen-bond acceptors (Lipinski definition) is 5. The lowest BCUT2D eigenvalue weighted by Crippen LogP contribution is -2.24. The van der Waals surface area contributed by atoms with E-state index in [1.54, 1.807) is 37.3 Å². The van der Waals surface area contributed by atoms with Crippen LogP contribution in [0.5, 0.6) is 5.88 Å². The summed E-state index contributed by atoms with van der Waals surface area (Å²) in [5, 5.41) is 3.36. The zero-order chi connectivity index (χ0) is 15.1. The number of nitrogens with zero attached hydrogens (tertiary/aromatic N) is 2. The molecule has 1 N–H and O–H groups in total. The van der Waals surface area contributed by atoms with Gasteiger partial charge in [-0.2, -0.15) is 0 Å². The van der Waals surface area contributed by atoms with E-state index in [0.717, 1.165) is 17.1 Å². The molecule has 2 aromatic rings. The third-order valence-corrected chi connectivity index (χ3v) is 3.97. The van der Waals surface area contributed by atoms with Crippen LogP contribution in [0.1, 0.15) is 18.7 Å². The molecule has 0 saturated heterocycles. The Kier molecular flexibility index (Phi) is 5.95. The lowest BCUT2D eigenvalue weighted by molar-refractivity contribution is 0.381. The molecule has 6 heteroatoms. The summed E-state index contributed by atoms with van der Waals surface area (Å²) in [4.78, 5) is 9.43. The summed E-state index contributed by atoms with van der Waals surface area (Å²) in [5.41, 5.74) is 0.769. The fourth-order valence-electron chi connectivity index (χ4n) is 1.95. The highest BCUT2D eigenvalue weighted by Crippen LogP contribution is 2.27. The molecule has 0 amide bonds. The van der Waals surface area contributed by atoms with Crippen molar-refractivity contribution in [3.63, 3.8) is 0 Å². The number of hydrogen-bond donors (Lipinski definition) is 1. The largest absolute Gasteiger partial charge is 0.480 e. The van der Waals surface area contributed by atoms with Gasteiger partial charge in [0.15, 0.2) is 0 Å². The van der Waals surface area contributed by atoms with Crippen LogP contribution in [0.4, 0.5) is 4.39 Å². The maximum absolute atomic E-state index is 13.2. The summed E-state index contributed by atoms with van der Waals surface area (Å²) in [6.07, 6.45) is 3.25. The minimum atomic E-state index is -0.225. The second kappa shape index (κ2) is 7.95. The van der Waals surface area contributed by atoms with Gasteiger partial charge in [-0.1, -0.05) is 13.0 Å². The molecule has 21 heavy (non-hydrogen) atoms. The first-order valence-corrected chi connectivity index (χ1v) is 7.69. The molecule has 0 saturated carbocycles. The summed E-state index contributed by atoms with van der Waals surface area (Å²) in [7, 11) is 1.58. The van der Waals surface area contributed by atoms with Crippen LogP contribution < -0.4 is 10.1 Å². The first kappa shape index (κ1) is 15.7. The molecule has 1 aromatic heterocycles. The van der Waals surface area contributed by atoms with E-state index in [1.807, 2.05) is 13.0 Å². The lowest BCUT2D eigenvalue weighted by atomic mass is 10.2. The molecule has 0 spiro atoms. The van der Waals surface area contributed by atoms with Crippen molar-refractivity contribution >= 4 is 11.8 Å². The lowest BCUT2D eigenvalue weighted by Gasteiger charge is -2.18. The quantitative estimate of drug-likeness (QED) is 0.797. The highest BCUT2D eigenvalue weighted by molar-refractivity contribution is 7.99. The number of ether oxygens (including phenoxy) is 1. The number of thioether (sulfide) groups is 1. The number of aromatic nitrogens is 2. The Labute approximate surface area is 128 Å². The molecule has 4 nitrogen and oxygen atoms in total. The van der Waals surface area contributed by atoms with Gasteiger partial charge in [0.2, 0.25) is 5.88 Å². The SMILES string of the molecule is CCNC(CSc1cccc(F)c1)c1nccnc1OC. The summed E-state index contributed by atoms with van der Waals surface area (Å²) in [6, 6.07) is 6.57. The van der Waals surface area contributed by atoms with Gasteiger partial charge in [-0.15, -0.1) is 11.8 Å². The second-order valence-electron chi connectivity index (χ2n) is 4.33. The van der Waals surface area contributed by atoms with Crippen LogP contribution in [0.3, 0.4) is 0 Å². The zero-order valence-electron chi connectivity index (χ0n) is 12.0. The molecular weight excluding hydrogens is 289 g/mol. The van der Waals surface area contributed by atoms with E-state index in [2.05, 4.69) is 15.3 Å². The monoisotopic (exact) mass is 307 g/mol. The van der Waals surface area contributed by atoms with Crippen molar-refractivity contribution in [2.24, 2.45) is 0 Å². The van der Waals surface area contributed by atoms with E-state index < -0.39 is 0 Å². The molecular formula is C15H18FN3OS. The average molecular weight is 307 g/mol. The van der Waals surface area contributed by atoms with E-state index in [0.29, 0.717) is 11.6 Å². The van der Waals surface area contributed by atoms with Gasteiger partial charge in [0.25, 0.3) is 0 Å². The van der Waals surface area contributed by atoms with Crippen molar-refractivity contribution in [1.82, 2.24) is 15.3 Å². The zero-order valence-corrected chi connectivity index (χ0v) is 12.9. The van der Waals surface area contributed by atoms with Crippen molar-refractivity contribution in [2.75, 3.05) is 19.4 Å². The predicted molar refractivity (Wildman–Crippen MR) is 82.1 cm³/mol. The first-order valence-electron chi connectivity index (χ1n) is 6.71. The summed E-state index contributed by atoms with van der Waals surface area (Å²) >= 11 is 1.57. The average Bonchev–Trinajstić information content (AvgIpc) is 2.51. The van der Waals surface area contributed by atoms with Crippen molar-refractivity contribution < 1.29 is 9.13 Å². The number of benzene rings is 1. The van der Waals surface area contributed by atoms with E-state index in [-0.39, 0.29) is 11.9 Å². The Morgan fingerprint density at radius 2 is 2.14 bits per heavy atom. The summed E-state index contributed by atoms with van der Waals surface area (Å²) in [5.74, 6) is 1.01. The van der Waals surface area contributed by atoms with Gasteiger partial charge in [0.05, 0.1) is 13.2 Å². The fraction of sp³-hybridized carbons (Fsp3) is 0.333. The van der Waals surface area contributed by atoms with Crippen molar-refractivity contribution in [3.8, 4) is 5.88 Å². The first-order chi connectivity index (χ1) is 10.2. The van der Waals surface area contributed by atoms with Crippen LogP contribution in [-0.4, -0.2) is 29.4 Å². The Hall–Kier alpha value is -1.66. The van der Waals surface area contributed by atoms with Gasteiger partial charge in [-0.3, -0.25) is 4.98 Å². The molecule has 0 radical (unpaired) electrons. The van der Waals surface area contributed by atoms with E-state index in [4.69, 9.17) is 4.74 Å². The molecule has 0 fully saturated rings. The normalized spacial score (nSPS) is 12.1. The molecule has 0 aliphatic heterocycles. The summed E-state index contributed by atoms with van der Waals surface area (Å²) < 4.78 is 18.5. The number of methoxy groups -OCH3 is 1. The van der Waals surface area contributed by atoms with Crippen LogP contribution >= 0.6 is 11.8 Å². The molecule has 2 rings (SSSR count). The van der Waals surface area contributed by atoms with Crippen LogP contribution in [0.15, 0.2) is 41.6 Å². The number of halogens is 1. The standard InChI is InChI=1S/C15H18FN3OS/c1-3-17-13(14-15(20-2)19-8-7-18-14)10-21-12-6-4-5-11(16)9-12/h4-9,13,17H,3,10H2,1-2H3. The second-order valence-corrected chi connectivity index (χ2v) is 5.42. The smallest absolute Gasteiger partial charge is 0.237 e. The van der Waals surface area contributed by atoms with Crippen molar-refractivity contribution in [1.29, 1.82) is 0 Å². The highest BCUT2D eigenvalue weighted by Gasteiger charge is 2.18. The molecule has 0 aliphatic carbocycles. The molecule has 1 unspecified atom stereocenters. The molecule has 1 atom stereocenters. The van der Waals surface area contributed by atoms with Gasteiger partial charge >= 0.3 is 0 Å². The molecule has 1 aromatic carbocycles. The maximum Gasteiger partial charge on any atom is 0.237 e. The van der Waals surface area contributed by atoms with Gasteiger partial charge in [-0.25, -0.2) is 9.37 Å². The van der Waals surface area contributed by atoms with Crippen molar-refractivity contribution in [3.05, 3.63) is 48.2 Å². The van der Waals surface area contributed by atoms with Crippen LogP contribution in [-0.2, 0) is 0 Å². The Morgan fingerprint density at radius 1 is 1.33 bits per heavy atom. The number of nitrogens with one attached hydrogen (secondary N) is 1. The highest BCUT2D eigenvalue weighted by atomic mass is 32.2. The Balaban J connectivity index is 2.12. The van der Waals surface area contributed by atoms with Crippen LogP contribution in [0, 0.1) is 5.82 Å². The minimum Gasteiger partial charge on any atom is -0.480 e. The third-order valence-electron chi connectivity index (χ3n) is 2.88. The molecule has 0 aliphatic rings. The van der Waals surface area contributed by atoms with Gasteiger partial charge in [0.1, 0.15) is 11.5 Å². The molecule has 0 bridgehead atoms. The molecule has 1 heterocycles. The summed E-state index contributed by atoms with van der Waals surface area (Å²) in [6.45, 7) is 2.83. The van der Waals surface area contributed by atoms with E-state index in [1.165, 1.54) is 12.1 Å².